The Kier molecular flexibility index (Phi) is 4.31. The van der Waals surface area contributed by atoms with Gasteiger partial charge >= 0.3 is 0 Å². The SMILES string of the molecule is CC(=O)N(C)CC(=O)NC(C)c1ccc(C)o1. The van der Waals surface area contributed by atoms with E-state index >= 15 is 0 Å². The molecule has 2 amide bonds. The van der Waals surface area contributed by atoms with E-state index in [1.165, 1.54) is 11.8 Å². The van der Waals surface area contributed by atoms with Crippen LogP contribution in [0.25, 0.3) is 0 Å². The van der Waals surface area contributed by atoms with E-state index in [0.717, 1.165) is 5.76 Å². The summed E-state index contributed by atoms with van der Waals surface area (Å²) in [6.07, 6.45) is 0. The van der Waals surface area contributed by atoms with Crippen LogP contribution in [-0.2, 0) is 9.59 Å². The van der Waals surface area contributed by atoms with E-state index < -0.39 is 0 Å². The van der Waals surface area contributed by atoms with Gasteiger partial charge in [-0.15, -0.1) is 0 Å². The Morgan fingerprint density at radius 2 is 2.12 bits per heavy atom. The molecule has 0 fully saturated rings. The van der Waals surface area contributed by atoms with Gasteiger partial charge in [0.1, 0.15) is 11.5 Å². The lowest BCUT2D eigenvalue weighted by Gasteiger charge is -2.16. The fourth-order valence-corrected chi connectivity index (χ4v) is 1.37. The molecule has 0 saturated heterocycles. The number of hydrogen-bond donors (Lipinski definition) is 1. The summed E-state index contributed by atoms with van der Waals surface area (Å²) in [6, 6.07) is 3.48. The molecule has 0 aliphatic heterocycles. The Bertz CT molecular complexity index is 412. The van der Waals surface area contributed by atoms with Crippen LogP contribution in [0.5, 0.6) is 0 Å². The van der Waals surface area contributed by atoms with Crippen molar-refractivity contribution in [2.45, 2.75) is 26.8 Å². The summed E-state index contributed by atoms with van der Waals surface area (Å²) >= 11 is 0. The Morgan fingerprint density at radius 3 is 2.59 bits per heavy atom. The molecule has 1 atom stereocenters. The highest BCUT2D eigenvalue weighted by molar-refractivity contribution is 5.83. The highest BCUT2D eigenvalue weighted by Crippen LogP contribution is 2.15. The molecule has 0 aromatic carbocycles. The van der Waals surface area contributed by atoms with Gasteiger partial charge in [-0.2, -0.15) is 0 Å². The third-order valence-electron chi connectivity index (χ3n) is 2.48. The smallest absolute Gasteiger partial charge is 0.240 e. The summed E-state index contributed by atoms with van der Waals surface area (Å²) in [5.41, 5.74) is 0. The van der Waals surface area contributed by atoms with Crippen LogP contribution in [0.15, 0.2) is 16.5 Å². The monoisotopic (exact) mass is 238 g/mol. The molecule has 0 bridgehead atoms. The molecule has 1 aromatic heterocycles. The summed E-state index contributed by atoms with van der Waals surface area (Å²) in [6.45, 7) is 5.16. The van der Waals surface area contributed by atoms with Gasteiger partial charge in [-0.3, -0.25) is 9.59 Å². The molecule has 0 saturated carbocycles. The molecule has 0 aliphatic carbocycles. The Balaban J connectivity index is 2.49. The molecule has 1 N–H and O–H groups in total. The van der Waals surface area contributed by atoms with E-state index in [4.69, 9.17) is 4.42 Å². The number of nitrogens with one attached hydrogen (secondary N) is 1. The van der Waals surface area contributed by atoms with Gasteiger partial charge in [0.2, 0.25) is 11.8 Å². The third kappa shape index (κ3) is 3.94. The first-order valence-electron chi connectivity index (χ1n) is 5.47. The Hall–Kier alpha value is -1.78. The predicted molar refractivity (Wildman–Crippen MR) is 63.3 cm³/mol. The highest BCUT2D eigenvalue weighted by Gasteiger charge is 2.14. The van der Waals surface area contributed by atoms with Crippen molar-refractivity contribution in [1.29, 1.82) is 0 Å². The molecule has 1 rings (SSSR count). The molecule has 5 nitrogen and oxygen atoms in total. The molecular formula is C12H18N2O3. The van der Waals surface area contributed by atoms with E-state index in [2.05, 4.69) is 5.32 Å². The standard InChI is InChI=1S/C12H18N2O3/c1-8-5-6-11(17-8)9(2)13-12(16)7-14(4)10(3)15/h5-6,9H,7H2,1-4H3,(H,13,16). The number of carbonyl (C=O) groups is 2. The Morgan fingerprint density at radius 1 is 1.47 bits per heavy atom. The minimum Gasteiger partial charge on any atom is -0.464 e. The first-order valence-corrected chi connectivity index (χ1v) is 5.47. The quantitative estimate of drug-likeness (QED) is 0.858. The van der Waals surface area contributed by atoms with Crippen LogP contribution in [0.3, 0.4) is 0 Å². The van der Waals surface area contributed by atoms with Crippen molar-refractivity contribution >= 4 is 11.8 Å². The topological polar surface area (TPSA) is 62.6 Å². The van der Waals surface area contributed by atoms with Gasteiger partial charge in [0.05, 0.1) is 12.6 Å². The van der Waals surface area contributed by atoms with Gasteiger partial charge in [-0.1, -0.05) is 0 Å². The summed E-state index contributed by atoms with van der Waals surface area (Å²) < 4.78 is 5.40. The van der Waals surface area contributed by atoms with Crippen LogP contribution < -0.4 is 5.32 Å². The molecule has 1 heterocycles. The van der Waals surface area contributed by atoms with Gasteiger partial charge in [0, 0.05) is 14.0 Å². The molecule has 0 aliphatic rings. The summed E-state index contributed by atoms with van der Waals surface area (Å²) in [4.78, 5) is 23.9. The first kappa shape index (κ1) is 13.3. The fourth-order valence-electron chi connectivity index (χ4n) is 1.37. The average Bonchev–Trinajstić information content (AvgIpc) is 2.64. The van der Waals surface area contributed by atoms with Crippen LogP contribution in [0.1, 0.15) is 31.4 Å². The molecule has 17 heavy (non-hydrogen) atoms. The number of carbonyl (C=O) groups excluding carboxylic acids is 2. The largest absolute Gasteiger partial charge is 0.464 e. The van der Waals surface area contributed by atoms with Crippen molar-refractivity contribution in [1.82, 2.24) is 10.2 Å². The lowest BCUT2D eigenvalue weighted by atomic mass is 10.2. The Labute approximate surface area is 101 Å². The average molecular weight is 238 g/mol. The van der Waals surface area contributed by atoms with Crippen molar-refractivity contribution in [2.75, 3.05) is 13.6 Å². The van der Waals surface area contributed by atoms with Crippen LogP contribution in [0.4, 0.5) is 0 Å². The number of furan rings is 1. The van der Waals surface area contributed by atoms with E-state index in [9.17, 15) is 9.59 Å². The van der Waals surface area contributed by atoms with Crippen molar-refractivity contribution in [2.24, 2.45) is 0 Å². The van der Waals surface area contributed by atoms with Crippen molar-refractivity contribution in [3.63, 3.8) is 0 Å². The number of nitrogens with zero attached hydrogens (tertiary/aromatic N) is 1. The maximum atomic E-state index is 11.6. The van der Waals surface area contributed by atoms with Crippen LogP contribution in [0.2, 0.25) is 0 Å². The molecule has 0 radical (unpaired) electrons. The van der Waals surface area contributed by atoms with E-state index in [-0.39, 0.29) is 24.4 Å². The second-order valence-corrected chi connectivity index (χ2v) is 4.11. The number of likely N-dealkylation sites (N-methyl/N-ethyl adjacent to an activating group) is 1. The summed E-state index contributed by atoms with van der Waals surface area (Å²) in [5.74, 6) is 1.18. The number of hydrogen-bond acceptors (Lipinski definition) is 3. The number of aryl methyl sites for hydroxylation is 1. The highest BCUT2D eigenvalue weighted by atomic mass is 16.3. The fraction of sp³-hybridized carbons (Fsp3) is 0.500. The van der Waals surface area contributed by atoms with Crippen molar-refractivity contribution in [3.05, 3.63) is 23.7 Å². The predicted octanol–water partition coefficient (Wildman–Crippen LogP) is 1.24. The van der Waals surface area contributed by atoms with E-state index in [1.807, 2.05) is 26.0 Å². The van der Waals surface area contributed by atoms with Gasteiger partial charge in [0.25, 0.3) is 0 Å². The van der Waals surface area contributed by atoms with Gasteiger partial charge < -0.3 is 14.6 Å². The third-order valence-corrected chi connectivity index (χ3v) is 2.48. The summed E-state index contributed by atoms with van der Waals surface area (Å²) in [7, 11) is 1.59. The molecule has 1 unspecified atom stereocenters. The zero-order valence-corrected chi connectivity index (χ0v) is 10.6. The normalized spacial score (nSPS) is 12.0. The second-order valence-electron chi connectivity index (χ2n) is 4.11. The summed E-state index contributed by atoms with van der Waals surface area (Å²) in [5, 5.41) is 2.77. The van der Waals surface area contributed by atoms with Crippen molar-refractivity contribution < 1.29 is 14.0 Å². The lowest BCUT2D eigenvalue weighted by molar-refractivity contribution is -0.133. The number of rotatable bonds is 4. The molecule has 0 spiro atoms. The zero-order chi connectivity index (χ0) is 13.0. The zero-order valence-electron chi connectivity index (χ0n) is 10.6. The van der Waals surface area contributed by atoms with Gasteiger partial charge in [-0.05, 0) is 26.0 Å². The van der Waals surface area contributed by atoms with Crippen LogP contribution in [0, 0.1) is 6.92 Å². The van der Waals surface area contributed by atoms with Crippen LogP contribution >= 0.6 is 0 Å². The minimum atomic E-state index is -0.204. The molecule has 1 aromatic rings. The molecule has 94 valence electrons. The maximum absolute atomic E-state index is 11.6. The molecular weight excluding hydrogens is 220 g/mol. The van der Waals surface area contributed by atoms with Crippen LogP contribution in [-0.4, -0.2) is 30.3 Å². The van der Waals surface area contributed by atoms with E-state index in [1.54, 1.807) is 7.05 Å². The van der Waals surface area contributed by atoms with Gasteiger partial charge in [-0.25, -0.2) is 0 Å². The first-order chi connectivity index (χ1) is 7.90. The minimum absolute atomic E-state index is 0.0549. The second kappa shape index (κ2) is 5.52. The van der Waals surface area contributed by atoms with Crippen molar-refractivity contribution in [3.8, 4) is 0 Å². The maximum Gasteiger partial charge on any atom is 0.240 e. The molecule has 5 heteroatoms. The lowest BCUT2D eigenvalue weighted by Crippen LogP contribution is -2.38. The van der Waals surface area contributed by atoms with Gasteiger partial charge in [0.15, 0.2) is 0 Å². The number of amides is 2. The van der Waals surface area contributed by atoms with E-state index in [0.29, 0.717) is 5.76 Å².